The first kappa shape index (κ1) is 11.3. The van der Waals surface area contributed by atoms with Crippen LogP contribution in [0.15, 0.2) is 6.07 Å². The molecule has 4 nitrogen and oxygen atoms in total. The smallest absolute Gasteiger partial charge is 0.341 e. The molecule has 0 saturated heterocycles. The Kier molecular flexibility index (Phi) is 3.13. The summed E-state index contributed by atoms with van der Waals surface area (Å²) >= 11 is 0. The maximum Gasteiger partial charge on any atom is 0.341 e. The van der Waals surface area contributed by atoms with E-state index in [4.69, 9.17) is 5.73 Å². The molecule has 0 aromatic carbocycles. The predicted octanol–water partition coefficient (Wildman–Crippen LogP) is 1.53. The van der Waals surface area contributed by atoms with Crippen molar-refractivity contribution in [3.63, 3.8) is 0 Å². The van der Waals surface area contributed by atoms with E-state index in [-0.39, 0.29) is 0 Å². The summed E-state index contributed by atoms with van der Waals surface area (Å²) in [4.78, 5) is 14.1. The molecule has 1 heterocycles. The van der Waals surface area contributed by atoms with Gasteiger partial charge in [0.1, 0.15) is 11.3 Å². The molecule has 0 amide bonds. The molecular formula is C8H7F3N2O2. The van der Waals surface area contributed by atoms with Gasteiger partial charge in [0.2, 0.25) is 0 Å². The van der Waals surface area contributed by atoms with Crippen LogP contribution >= 0.6 is 0 Å². The Labute approximate surface area is 82.9 Å². The Bertz CT molecular complexity index is 396. The van der Waals surface area contributed by atoms with E-state index in [0.717, 1.165) is 7.11 Å². The average Bonchev–Trinajstić information content (AvgIpc) is 2.20. The molecule has 0 saturated carbocycles. The van der Waals surface area contributed by atoms with Gasteiger partial charge in [-0.15, -0.1) is 0 Å². The number of alkyl halides is 2. The summed E-state index contributed by atoms with van der Waals surface area (Å²) in [6.07, 6.45) is -2.93. The highest BCUT2D eigenvalue weighted by Gasteiger charge is 2.20. The second-order valence-corrected chi connectivity index (χ2v) is 2.59. The third-order valence-electron chi connectivity index (χ3n) is 1.63. The lowest BCUT2D eigenvalue weighted by atomic mass is 10.2. The summed E-state index contributed by atoms with van der Waals surface area (Å²) in [5.41, 5.74) is 3.60. The fourth-order valence-corrected chi connectivity index (χ4v) is 0.940. The van der Waals surface area contributed by atoms with Crippen molar-refractivity contribution in [1.29, 1.82) is 0 Å². The Morgan fingerprint density at radius 3 is 2.67 bits per heavy atom. The van der Waals surface area contributed by atoms with Crippen LogP contribution in [0.4, 0.5) is 19.0 Å². The topological polar surface area (TPSA) is 65.2 Å². The summed E-state index contributed by atoms with van der Waals surface area (Å²) in [5, 5.41) is 0. The molecule has 2 N–H and O–H groups in total. The number of ether oxygens (including phenoxy) is 1. The van der Waals surface area contributed by atoms with Crippen molar-refractivity contribution in [2.45, 2.75) is 6.43 Å². The summed E-state index contributed by atoms with van der Waals surface area (Å²) in [6, 6.07) is 0.613. The van der Waals surface area contributed by atoms with Crippen molar-refractivity contribution in [2.75, 3.05) is 12.8 Å². The maximum absolute atomic E-state index is 13.1. The standard InChI is InChI=1S/C8H7F3N2O2/c1-15-8(14)3-2-4(6(10)11)13-7(12)5(3)9/h2,6H,1H3,(H2,12,13). The number of nitrogens with zero attached hydrogens (tertiary/aromatic N) is 1. The second kappa shape index (κ2) is 4.16. The van der Waals surface area contributed by atoms with E-state index >= 15 is 0 Å². The molecule has 1 rings (SSSR count). The minimum atomic E-state index is -2.93. The molecule has 7 heteroatoms. The van der Waals surface area contributed by atoms with E-state index in [9.17, 15) is 18.0 Å². The van der Waals surface area contributed by atoms with E-state index in [0.29, 0.717) is 6.07 Å². The number of halogens is 3. The van der Waals surface area contributed by atoms with Gasteiger partial charge < -0.3 is 10.5 Å². The number of carbonyl (C=O) groups is 1. The Morgan fingerprint density at radius 1 is 1.60 bits per heavy atom. The highest BCUT2D eigenvalue weighted by atomic mass is 19.3. The molecule has 1 aromatic heterocycles. The Morgan fingerprint density at radius 2 is 2.20 bits per heavy atom. The third kappa shape index (κ3) is 2.17. The molecule has 0 radical (unpaired) electrons. The van der Waals surface area contributed by atoms with E-state index in [1.165, 1.54) is 0 Å². The van der Waals surface area contributed by atoms with Gasteiger partial charge in [-0.3, -0.25) is 0 Å². The largest absolute Gasteiger partial charge is 0.465 e. The van der Waals surface area contributed by atoms with Crippen LogP contribution in [-0.4, -0.2) is 18.1 Å². The van der Waals surface area contributed by atoms with Crippen molar-refractivity contribution < 1.29 is 22.7 Å². The molecule has 0 spiro atoms. The minimum absolute atomic E-state index is 0.613. The first-order chi connectivity index (χ1) is 6.97. The van der Waals surface area contributed by atoms with E-state index < -0.39 is 35.3 Å². The zero-order valence-corrected chi connectivity index (χ0v) is 7.63. The number of carbonyl (C=O) groups excluding carboxylic acids is 1. The molecule has 0 fully saturated rings. The van der Waals surface area contributed by atoms with Gasteiger partial charge in [-0.2, -0.15) is 0 Å². The lowest BCUT2D eigenvalue weighted by Gasteiger charge is -2.06. The minimum Gasteiger partial charge on any atom is -0.465 e. The van der Waals surface area contributed by atoms with Crippen molar-refractivity contribution in [3.05, 3.63) is 23.1 Å². The number of hydrogen-bond acceptors (Lipinski definition) is 4. The molecule has 0 bridgehead atoms. The van der Waals surface area contributed by atoms with Gasteiger partial charge in [-0.1, -0.05) is 0 Å². The van der Waals surface area contributed by atoms with Gasteiger partial charge in [0, 0.05) is 0 Å². The monoisotopic (exact) mass is 220 g/mol. The van der Waals surface area contributed by atoms with Gasteiger partial charge in [0.05, 0.1) is 7.11 Å². The van der Waals surface area contributed by atoms with Crippen LogP contribution in [0.5, 0.6) is 0 Å². The van der Waals surface area contributed by atoms with Gasteiger partial charge >= 0.3 is 5.97 Å². The highest BCUT2D eigenvalue weighted by molar-refractivity contribution is 5.90. The van der Waals surface area contributed by atoms with Crippen molar-refractivity contribution in [3.8, 4) is 0 Å². The van der Waals surface area contributed by atoms with Crippen LogP contribution < -0.4 is 5.73 Å². The number of hydrogen-bond donors (Lipinski definition) is 1. The molecule has 0 atom stereocenters. The summed E-state index contributed by atoms with van der Waals surface area (Å²) in [6.45, 7) is 0. The average molecular weight is 220 g/mol. The number of pyridine rings is 1. The molecular weight excluding hydrogens is 213 g/mol. The number of methoxy groups -OCH3 is 1. The van der Waals surface area contributed by atoms with Crippen LogP contribution in [0.25, 0.3) is 0 Å². The Hall–Kier alpha value is -1.79. The summed E-state index contributed by atoms with van der Waals surface area (Å²) < 4.78 is 41.8. The lowest BCUT2D eigenvalue weighted by Crippen LogP contribution is -2.10. The van der Waals surface area contributed by atoms with Crippen molar-refractivity contribution in [2.24, 2.45) is 0 Å². The van der Waals surface area contributed by atoms with Crippen molar-refractivity contribution >= 4 is 11.8 Å². The first-order valence-electron chi connectivity index (χ1n) is 3.79. The van der Waals surface area contributed by atoms with E-state index in [1.807, 2.05) is 0 Å². The number of esters is 1. The molecule has 1 aromatic rings. The first-order valence-corrected chi connectivity index (χ1v) is 3.79. The van der Waals surface area contributed by atoms with Crippen LogP contribution in [-0.2, 0) is 4.74 Å². The molecule has 0 aliphatic carbocycles. The maximum atomic E-state index is 13.1. The zero-order chi connectivity index (χ0) is 11.6. The third-order valence-corrected chi connectivity index (χ3v) is 1.63. The molecule has 15 heavy (non-hydrogen) atoms. The normalized spacial score (nSPS) is 10.5. The summed E-state index contributed by atoms with van der Waals surface area (Å²) in [7, 11) is 1.00. The van der Waals surface area contributed by atoms with E-state index in [2.05, 4.69) is 9.72 Å². The predicted molar refractivity (Wildman–Crippen MR) is 44.9 cm³/mol. The molecule has 82 valence electrons. The molecule has 0 aliphatic rings. The quantitative estimate of drug-likeness (QED) is 0.767. The van der Waals surface area contributed by atoms with Gasteiger partial charge in [-0.05, 0) is 6.07 Å². The highest BCUT2D eigenvalue weighted by Crippen LogP contribution is 2.22. The van der Waals surface area contributed by atoms with Gasteiger partial charge in [0.25, 0.3) is 6.43 Å². The number of nitrogen functional groups attached to an aromatic ring is 1. The fourth-order valence-electron chi connectivity index (χ4n) is 0.940. The lowest BCUT2D eigenvalue weighted by molar-refractivity contribution is 0.0594. The zero-order valence-electron chi connectivity index (χ0n) is 7.63. The Balaban J connectivity index is 3.31. The second-order valence-electron chi connectivity index (χ2n) is 2.59. The SMILES string of the molecule is COC(=O)c1cc(C(F)F)nc(N)c1F. The van der Waals surface area contributed by atoms with Crippen LogP contribution in [0, 0.1) is 5.82 Å². The van der Waals surface area contributed by atoms with Crippen LogP contribution in [0.1, 0.15) is 22.5 Å². The van der Waals surface area contributed by atoms with Crippen molar-refractivity contribution in [1.82, 2.24) is 4.98 Å². The van der Waals surface area contributed by atoms with Crippen LogP contribution in [0.3, 0.4) is 0 Å². The molecule has 0 aliphatic heterocycles. The number of aromatic nitrogens is 1. The van der Waals surface area contributed by atoms with Gasteiger partial charge in [-0.25, -0.2) is 22.9 Å². The number of anilines is 1. The van der Waals surface area contributed by atoms with Crippen LogP contribution in [0.2, 0.25) is 0 Å². The fraction of sp³-hybridized carbons (Fsp3) is 0.250. The van der Waals surface area contributed by atoms with E-state index in [1.54, 1.807) is 0 Å². The summed E-state index contributed by atoms with van der Waals surface area (Å²) in [5.74, 6) is -3.00. The molecule has 0 unspecified atom stereocenters. The van der Waals surface area contributed by atoms with Gasteiger partial charge in [0.15, 0.2) is 11.6 Å². The number of nitrogens with two attached hydrogens (primary N) is 1. The number of rotatable bonds is 2.